The highest BCUT2D eigenvalue weighted by molar-refractivity contribution is 6.33. The van der Waals surface area contributed by atoms with Gasteiger partial charge in [0.25, 0.3) is 0 Å². The standard InChI is InChI=1S/C9H11Cl2N3O/c1-5(6(2)15)3-12-9-8(11)14-7(10)4-13-9/h4-5H,3H2,1-2H3,(H,12,13)/t5-/m0/s1. The molecule has 0 aliphatic heterocycles. The molecule has 0 aliphatic rings. The van der Waals surface area contributed by atoms with Gasteiger partial charge in [0.15, 0.2) is 11.0 Å². The van der Waals surface area contributed by atoms with Gasteiger partial charge in [-0.25, -0.2) is 9.97 Å². The van der Waals surface area contributed by atoms with Crippen molar-refractivity contribution in [3.8, 4) is 0 Å². The van der Waals surface area contributed by atoms with Gasteiger partial charge in [0.1, 0.15) is 10.9 Å². The van der Waals surface area contributed by atoms with E-state index in [1.165, 1.54) is 6.20 Å². The molecule has 1 aromatic heterocycles. The highest BCUT2D eigenvalue weighted by atomic mass is 35.5. The van der Waals surface area contributed by atoms with Crippen molar-refractivity contribution >= 4 is 34.8 Å². The molecule has 1 N–H and O–H groups in total. The van der Waals surface area contributed by atoms with Crippen LogP contribution in [0.5, 0.6) is 0 Å². The maximum absolute atomic E-state index is 11.0. The van der Waals surface area contributed by atoms with Gasteiger partial charge in [0.2, 0.25) is 0 Å². The van der Waals surface area contributed by atoms with Crippen LogP contribution in [0.3, 0.4) is 0 Å². The number of ketones is 1. The minimum absolute atomic E-state index is 0.0847. The second-order valence-corrected chi connectivity index (χ2v) is 3.97. The summed E-state index contributed by atoms with van der Waals surface area (Å²) in [4.78, 5) is 18.8. The maximum atomic E-state index is 11.0. The third-order valence-electron chi connectivity index (χ3n) is 1.97. The molecule has 0 fully saturated rings. The van der Waals surface area contributed by atoms with Gasteiger partial charge in [-0.15, -0.1) is 0 Å². The first kappa shape index (κ1) is 12.2. The normalized spacial score (nSPS) is 12.3. The van der Waals surface area contributed by atoms with E-state index in [9.17, 15) is 4.79 Å². The Labute approximate surface area is 98.0 Å². The molecule has 0 unspecified atom stereocenters. The van der Waals surface area contributed by atoms with Crippen LogP contribution in [0.25, 0.3) is 0 Å². The zero-order valence-corrected chi connectivity index (χ0v) is 9.93. The van der Waals surface area contributed by atoms with E-state index in [-0.39, 0.29) is 22.0 Å². The van der Waals surface area contributed by atoms with Gasteiger partial charge in [-0.2, -0.15) is 0 Å². The summed E-state index contributed by atoms with van der Waals surface area (Å²) in [6, 6.07) is 0. The van der Waals surface area contributed by atoms with Crippen molar-refractivity contribution in [2.75, 3.05) is 11.9 Å². The zero-order chi connectivity index (χ0) is 11.4. The van der Waals surface area contributed by atoms with Crippen molar-refractivity contribution in [1.82, 2.24) is 9.97 Å². The molecule has 1 heterocycles. The third-order valence-corrected chi connectivity index (χ3v) is 2.42. The van der Waals surface area contributed by atoms with Gasteiger partial charge >= 0.3 is 0 Å². The molecule has 0 saturated heterocycles. The van der Waals surface area contributed by atoms with E-state index >= 15 is 0 Å². The molecule has 6 heteroatoms. The molecule has 82 valence electrons. The van der Waals surface area contributed by atoms with E-state index in [0.717, 1.165) is 0 Å². The van der Waals surface area contributed by atoms with Gasteiger partial charge in [0.05, 0.1) is 6.20 Å². The molecule has 0 spiro atoms. The fourth-order valence-electron chi connectivity index (χ4n) is 0.859. The number of hydrogen-bond donors (Lipinski definition) is 1. The van der Waals surface area contributed by atoms with E-state index in [4.69, 9.17) is 23.2 Å². The molecule has 1 rings (SSSR count). The molecule has 0 bridgehead atoms. The average molecular weight is 248 g/mol. The monoisotopic (exact) mass is 247 g/mol. The van der Waals surface area contributed by atoms with Crippen LogP contribution in [0.1, 0.15) is 13.8 Å². The summed E-state index contributed by atoms with van der Waals surface area (Å²) in [5.74, 6) is 0.466. The summed E-state index contributed by atoms with van der Waals surface area (Å²) < 4.78 is 0. The van der Waals surface area contributed by atoms with Gasteiger partial charge in [-0.05, 0) is 6.92 Å². The molecule has 4 nitrogen and oxygen atoms in total. The number of halogens is 2. The van der Waals surface area contributed by atoms with Crippen molar-refractivity contribution in [2.24, 2.45) is 5.92 Å². The van der Waals surface area contributed by atoms with Crippen LogP contribution >= 0.6 is 23.2 Å². The predicted molar refractivity (Wildman–Crippen MR) is 60.4 cm³/mol. The summed E-state index contributed by atoms with van der Waals surface area (Å²) in [5, 5.41) is 3.38. The number of rotatable bonds is 4. The number of anilines is 1. The Balaban J connectivity index is 2.62. The lowest BCUT2D eigenvalue weighted by molar-refractivity contribution is -0.119. The molecular weight excluding hydrogens is 237 g/mol. The first-order valence-electron chi connectivity index (χ1n) is 4.43. The summed E-state index contributed by atoms with van der Waals surface area (Å²) in [7, 11) is 0. The predicted octanol–water partition coefficient (Wildman–Crippen LogP) is 2.42. The molecule has 0 saturated carbocycles. The lowest BCUT2D eigenvalue weighted by Crippen LogP contribution is -2.18. The molecule has 0 aliphatic carbocycles. The summed E-state index contributed by atoms with van der Waals surface area (Å²) in [6.07, 6.45) is 1.40. The van der Waals surface area contributed by atoms with E-state index in [1.54, 1.807) is 6.92 Å². The van der Waals surface area contributed by atoms with Gasteiger partial charge in [-0.1, -0.05) is 30.1 Å². The lowest BCUT2D eigenvalue weighted by Gasteiger charge is -2.10. The number of nitrogens with one attached hydrogen (secondary N) is 1. The van der Waals surface area contributed by atoms with Crippen LogP contribution in [0.15, 0.2) is 6.20 Å². The third kappa shape index (κ3) is 3.64. The fraction of sp³-hybridized carbons (Fsp3) is 0.444. The molecule has 0 aromatic carbocycles. The van der Waals surface area contributed by atoms with Crippen molar-refractivity contribution in [3.63, 3.8) is 0 Å². The van der Waals surface area contributed by atoms with Crippen LogP contribution in [-0.4, -0.2) is 22.3 Å². The Morgan fingerprint density at radius 1 is 1.60 bits per heavy atom. The topological polar surface area (TPSA) is 54.9 Å². The van der Waals surface area contributed by atoms with Crippen molar-refractivity contribution in [3.05, 3.63) is 16.5 Å². The van der Waals surface area contributed by atoms with Gasteiger partial charge in [0, 0.05) is 12.5 Å². The van der Waals surface area contributed by atoms with E-state index in [0.29, 0.717) is 12.4 Å². The molecule has 1 aromatic rings. The minimum Gasteiger partial charge on any atom is -0.367 e. The Hall–Kier alpha value is -0.870. The fourth-order valence-corrected chi connectivity index (χ4v) is 1.24. The quantitative estimate of drug-likeness (QED) is 0.888. The first-order chi connectivity index (χ1) is 7.00. The Morgan fingerprint density at radius 3 is 2.80 bits per heavy atom. The summed E-state index contributed by atoms with van der Waals surface area (Å²) in [6.45, 7) is 3.85. The Morgan fingerprint density at radius 2 is 2.27 bits per heavy atom. The highest BCUT2D eigenvalue weighted by Gasteiger charge is 2.09. The smallest absolute Gasteiger partial charge is 0.173 e. The molecule has 1 atom stereocenters. The second kappa shape index (κ2) is 5.28. The minimum atomic E-state index is -0.0847. The number of nitrogens with zero attached hydrogens (tertiary/aromatic N) is 2. The van der Waals surface area contributed by atoms with Crippen LogP contribution in [-0.2, 0) is 4.79 Å². The van der Waals surface area contributed by atoms with Crippen molar-refractivity contribution < 1.29 is 4.79 Å². The molecule has 15 heavy (non-hydrogen) atoms. The molecule has 0 amide bonds. The van der Waals surface area contributed by atoms with Crippen LogP contribution in [0, 0.1) is 5.92 Å². The van der Waals surface area contributed by atoms with E-state index < -0.39 is 0 Å². The number of aromatic nitrogens is 2. The Kier molecular flexibility index (Phi) is 4.29. The Bertz CT molecular complexity index is 370. The lowest BCUT2D eigenvalue weighted by atomic mass is 10.1. The van der Waals surface area contributed by atoms with Gasteiger partial charge in [-0.3, -0.25) is 4.79 Å². The number of Topliss-reactive ketones (excluding diaryl/α,β-unsaturated/α-hetero) is 1. The number of carbonyl (C=O) groups is 1. The van der Waals surface area contributed by atoms with Crippen LogP contribution in [0.4, 0.5) is 5.82 Å². The molecular formula is C9H11Cl2N3O. The SMILES string of the molecule is CC(=O)[C@@H](C)CNc1ncc(Cl)nc1Cl. The van der Waals surface area contributed by atoms with Crippen molar-refractivity contribution in [1.29, 1.82) is 0 Å². The maximum Gasteiger partial charge on any atom is 0.173 e. The first-order valence-corrected chi connectivity index (χ1v) is 5.18. The highest BCUT2D eigenvalue weighted by Crippen LogP contribution is 2.18. The van der Waals surface area contributed by atoms with Crippen molar-refractivity contribution in [2.45, 2.75) is 13.8 Å². The number of carbonyl (C=O) groups excluding carboxylic acids is 1. The summed E-state index contributed by atoms with van der Waals surface area (Å²) >= 11 is 11.4. The largest absolute Gasteiger partial charge is 0.367 e. The zero-order valence-electron chi connectivity index (χ0n) is 8.42. The van der Waals surface area contributed by atoms with Crippen LogP contribution < -0.4 is 5.32 Å². The van der Waals surface area contributed by atoms with E-state index in [1.807, 2.05) is 6.92 Å². The second-order valence-electron chi connectivity index (χ2n) is 3.22. The number of hydrogen-bond acceptors (Lipinski definition) is 4. The van der Waals surface area contributed by atoms with Crippen LogP contribution in [0.2, 0.25) is 10.3 Å². The van der Waals surface area contributed by atoms with E-state index in [2.05, 4.69) is 15.3 Å². The molecule has 0 radical (unpaired) electrons. The average Bonchev–Trinajstić information content (AvgIpc) is 2.15. The summed E-state index contributed by atoms with van der Waals surface area (Å²) in [5.41, 5.74) is 0. The van der Waals surface area contributed by atoms with Gasteiger partial charge < -0.3 is 5.32 Å².